The number of non-ortho nitro benzene ring substituents is 1. The van der Waals surface area contributed by atoms with Gasteiger partial charge < -0.3 is 10.1 Å². The van der Waals surface area contributed by atoms with Crippen LogP contribution < -0.4 is 10.1 Å². The molecule has 0 aliphatic heterocycles. The van der Waals surface area contributed by atoms with Crippen molar-refractivity contribution in [3.63, 3.8) is 0 Å². The Morgan fingerprint density at radius 1 is 1.04 bits per heavy atom. The molecule has 3 rings (SSSR count). The minimum absolute atomic E-state index is 0.00471. The van der Waals surface area contributed by atoms with Crippen LogP contribution >= 0.6 is 0 Å². The Hall–Kier alpha value is -3.67. The maximum Gasteiger partial charge on any atom is 0.269 e. The zero-order valence-electron chi connectivity index (χ0n) is 15.4. The van der Waals surface area contributed by atoms with E-state index in [1.54, 1.807) is 43.3 Å². The molecule has 6 heteroatoms. The molecule has 1 amide bonds. The summed E-state index contributed by atoms with van der Waals surface area (Å²) in [5.41, 5.74) is 2.16. The summed E-state index contributed by atoms with van der Waals surface area (Å²) in [4.78, 5) is 23.0. The lowest BCUT2D eigenvalue weighted by atomic mass is 10.1. The molecular formula is C22H20N2O4. The fourth-order valence-corrected chi connectivity index (χ4v) is 2.74. The third-order valence-electron chi connectivity index (χ3n) is 4.27. The Morgan fingerprint density at radius 3 is 2.54 bits per heavy atom. The van der Waals surface area contributed by atoms with Crippen molar-refractivity contribution < 1.29 is 14.5 Å². The SMILES string of the molecule is C[C@@H](NC(=O)c1cccc(OCc2ccccc2)c1)c1cccc([N+](=O)[O-])c1. The maximum absolute atomic E-state index is 12.6. The third kappa shape index (κ3) is 4.94. The van der Waals surface area contributed by atoms with Crippen LogP contribution in [-0.2, 0) is 6.61 Å². The molecule has 1 atom stereocenters. The summed E-state index contributed by atoms with van der Waals surface area (Å²) in [7, 11) is 0. The van der Waals surface area contributed by atoms with E-state index in [0.717, 1.165) is 5.56 Å². The summed E-state index contributed by atoms with van der Waals surface area (Å²) >= 11 is 0. The van der Waals surface area contributed by atoms with E-state index in [9.17, 15) is 14.9 Å². The van der Waals surface area contributed by atoms with Gasteiger partial charge in [-0.15, -0.1) is 0 Å². The number of nitro benzene ring substituents is 1. The first-order valence-electron chi connectivity index (χ1n) is 8.85. The Kier molecular flexibility index (Phi) is 6.01. The zero-order valence-corrected chi connectivity index (χ0v) is 15.4. The number of carbonyl (C=O) groups is 1. The molecule has 0 aliphatic rings. The van der Waals surface area contributed by atoms with E-state index in [1.165, 1.54) is 12.1 Å². The van der Waals surface area contributed by atoms with Crippen molar-refractivity contribution in [2.45, 2.75) is 19.6 Å². The van der Waals surface area contributed by atoms with Crippen molar-refractivity contribution in [2.24, 2.45) is 0 Å². The third-order valence-corrected chi connectivity index (χ3v) is 4.27. The predicted octanol–water partition coefficient (Wildman–Crippen LogP) is 4.66. The van der Waals surface area contributed by atoms with Gasteiger partial charge in [0.2, 0.25) is 0 Å². The first-order chi connectivity index (χ1) is 13.5. The molecule has 0 saturated heterocycles. The van der Waals surface area contributed by atoms with E-state index >= 15 is 0 Å². The van der Waals surface area contributed by atoms with E-state index in [4.69, 9.17) is 4.74 Å². The fraction of sp³-hybridized carbons (Fsp3) is 0.136. The first kappa shape index (κ1) is 19.1. The van der Waals surface area contributed by atoms with Gasteiger partial charge >= 0.3 is 0 Å². The summed E-state index contributed by atoms with van der Waals surface area (Å²) in [6.45, 7) is 2.20. The highest BCUT2D eigenvalue weighted by atomic mass is 16.6. The van der Waals surface area contributed by atoms with Gasteiger partial charge in [-0.25, -0.2) is 0 Å². The van der Waals surface area contributed by atoms with Crippen molar-refractivity contribution >= 4 is 11.6 Å². The summed E-state index contributed by atoms with van der Waals surface area (Å²) in [6, 6.07) is 22.6. The lowest BCUT2D eigenvalue weighted by Crippen LogP contribution is -2.26. The minimum Gasteiger partial charge on any atom is -0.489 e. The smallest absolute Gasteiger partial charge is 0.269 e. The molecule has 0 unspecified atom stereocenters. The Balaban J connectivity index is 1.65. The predicted molar refractivity (Wildman–Crippen MR) is 106 cm³/mol. The lowest BCUT2D eigenvalue weighted by molar-refractivity contribution is -0.384. The van der Waals surface area contributed by atoms with Gasteiger partial charge in [0.15, 0.2) is 0 Å². The second-order valence-corrected chi connectivity index (χ2v) is 6.35. The lowest BCUT2D eigenvalue weighted by Gasteiger charge is -2.15. The van der Waals surface area contributed by atoms with Gasteiger partial charge in [0, 0.05) is 17.7 Å². The molecule has 0 aliphatic carbocycles. The van der Waals surface area contributed by atoms with E-state index in [0.29, 0.717) is 23.5 Å². The van der Waals surface area contributed by atoms with Crippen LogP contribution in [0, 0.1) is 10.1 Å². The average molecular weight is 376 g/mol. The zero-order chi connectivity index (χ0) is 19.9. The molecule has 3 aromatic rings. The first-order valence-corrected chi connectivity index (χ1v) is 8.85. The molecular weight excluding hydrogens is 356 g/mol. The maximum atomic E-state index is 12.6. The number of ether oxygens (including phenoxy) is 1. The number of nitrogens with one attached hydrogen (secondary N) is 1. The number of carbonyl (C=O) groups excluding carboxylic acids is 1. The summed E-state index contributed by atoms with van der Waals surface area (Å²) < 4.78 is 5.76. The molecule has 6 nitrogen and oxygen atoms in total. The molecule has 142 valence electrons. The Bertz CT molecular complexity index is 973. The van der Waals surface area contributed by atoms with E-state index in [2.05, 4.69) is 5.32 Å². The van der Waals surface area contributed by atoms with Crippen LogP contribution in [-0.4, -0.2) is 10.8 Å². The monoisotopic (exact) mass is 376 g/mol. The van der Waals surface area contributed by atoms with Crippen LogP contribution in [0.5, 0.6) is 5.75 Å². The second kappa shape index (κ2) is 8.81. The quantitative estimate of drug-likeness (QED) is 0.480. The van der Waals surface area contributed by atoms with Crippen molar-refractivity contribution in [3.8, 4) is 5.75 Å². The van der Waals surface area contributed by atoms with Crippen LogP contribution in [0.4, 0.5) is 5.69 Å². The van der Waals surface area contributed by atoms with Crippen LogP contribution in [0.3, 0.4) is 0 Å². The number of amides is 1. The van der Waals surface area contributed by atoms with Crippen LogP contribution in [0.15, 0.2) is 78.9 Å². The molecule has 0 bridgehead atoms. The average Bonchev–Trinajstić information content (AvgIpc) is 2.73. The number of rotatable bonds is 7. The summed E-state index contributed by atoms with van der Waals surface area (Å²) in [6.07, 6.45) is 0. The van der Waals surface area contributed by atoms with Gasteiger partial charge in [0.25, 0.3) is 11.6 Å². The summed E-state index contributed by atoms with van der Waals surface area (Å²) in [5.74, 6) is 0.323. The second-order valence-electron chi connectivity index (χ2n) is 6.35. The van der Waals surface area contributed by atoms with Crippen LogP contribution in [0.2, 0.25) is 0 Å². The number of benzene rings is 3. The molecule has 0 saturated carbocycles. The highest BCUT2D eigenvalue weighted by molar-refractivity contribution is 5.94. The largest absolute Gasteiger partial charge is 0.489 e. The standard InChI is InChI=1S/C22H20N2O4/c1-16(18-9-5-11-20(13-18)24(26)27)23-22(25)19-10-6-12-21(14-19)28-15-17-7-3-2-4-8-17/h2-14,16H,15H2,1H3,(H,23,25)/t16-/m1/s1. The van der Waals surface area contributed by atoms with Gasteiger partial charge in [-0.05, 0) is 36.2 Å². The van der Waals surface area contributed by atoms with Gasteiger partial charge in [-0.3, -0.25) is 14.9 Å². The van der Waals surface area contributed by atoms with Crippen molar-refractivity contribution in [2.75, 3.05) is 0 Å². The minimum atomic E-state index is -0.453. The molecule has 0 spiro atoms. The number of nitrogens with zero attached hydrogens (tertiary/aromatic N) is 1. The molecule has 3 aromatic carbocycles. The van der Waals surface area contributed by atoms with E-state index < -0.39 is 4.92 Å². The normalized spacial score (nSPS) is 11.5. The molecule has 1 N–H and O–H groups in total. The van der Waals surface area contributed by atoms with Crippen LogP contribution in [0.25, 0.3) is 0 Å². The number of hydrogen-bond donors (Lipinski definition) is 1. The highest BCUT2D eigenvalue weighted by Gasteiger charge is 2.15. The van der Waals surface area contributed by atoms with Crippen molar-refractivity contribution in [3.05, 3.63) is 106 Å². The Morgan fingerprint density at radius 2 is 1.79 bits per heavy atom. The highest BCUT2D eigenvalue weighted by Crippen LogP contribution is 2.20. The number of nitro groups is 1. The molecule has 0 aromatic heterocycles. The van der Waals surface area contributed by atoms with Crippen molar-refractivity contribution in [1.29, 1.82) is 0 Å². The van der Waals surface area contributed by atoms with Crippen LogP contribution in [0.1, 0.15) is 34.5 Å². The Labute approximate surface area is 162 Å². The number of hydrogen-bond acceptors (Lipinski definition) is 4. The molecule has 0 fully saturated rings. The topological polar surface area (TPSA) is 81.5 Å². The van der Waals surface area contributed by atoms with Gasteiger partial charge in [0.1, 0.15) is 12.4 Å². The molecule has 28 heavy (non-hydrogen) atoms. The fourth-order valence-electron chi connectivity index (χ4n) is 2.74. The van der Waals surface area contributed by atoms with E-state index in [1.807, 2.05) is 30.3 Å². The van der Waals surface area contributed by atoms with E-state index in [-0.39, 0.29) is 17.6 Å². The van der Waals surface area contributed by atoms with Gasteiger partial charge in [-0.1, -0.05) is 48.5 Å². The molecule has 0 radical (unpaired) electrons. The van der Waals surface area contributed by atoms with Gasteiger partial charge in [0.05, 0.1) is 11.0 Å². The van der Waals surface area contributed by atoms with Gasteiger partial charge in [-0.2, -0.15) is 0 Å². The molecule has 0 heterocycles. The van der Waals surface area contributed by atoms with Crippen molar-refractivity contribution in [1.82, 2.24) is 5.32 Å². The summed E-state index contributed by atoms with van der Waals surface area (Å²) in [5, 5.41) is 13.8.